The van der Waals surface area contributed by atoms with Gasteiger partial charge in [0.15, 0.2) is 17.4 Å². The number of nitrogen functional groups attached to an aromatic ring is 1. The van der Waals surface area contributed by atoms with Gasteiger partial charge in [-0.1, -0.05) is 23.7 Å². The quantitative estimate of drug-likeness (QED) is 0.544. The zero-order valence-corrected chi connectivity index (χ0v) is 14.7. The molecule has 0 saturated heterocycles. The van der Waals surface area contributed by atoms with Gasteiger partial charge in [0.1, 0.15) is 5.52 Å². The first-order valence-electron chi connectivity index (χ1n) is 7.87. The summed E-state index contributed by atoms with van der Waals surface area (Å²) < 4.78 is 20.0. The Morgan fingerprint density at radius 2 is 2.23 bits per heavy atom. The Hall–Kier alpha value is -3.00. The summed E-state index contributed by atoms with van der Waals surface area (Å²) in [6, 6.07) is 8.09. The van der Waals surface area contributed by atoms with Crippen molar-refractivity contribution in [3.8, 4) is 5.75 Å². The van der Waals surface area contributed by atoms with Crippen molar-refractivity contribution >= 4 is 40.0 Å². The molecule has 0 aliphatic carbocycles. The van der Waals surface area contributed by atoms with Crippen molar-refractivity contribution in [1.29, 1.82) is 0 Å². The molecule has 26 heavy (non-hydrogen) atoms. The molecule has 3 rings (SSSR count). The highest BCUT2D eigenvalue weighted by molar-refractivity contribution is 6.30. The minimum absolute atomic E-state index is 0.0819. The number of amides is 2. The second kappa shape index (κ2) is 7.49. The Morgan fingerprint density at radius 1 is 1.42 bits per heavy atom. The van der Waals surface area contributed by atoms with Gasteiger partial charge in [0.2, 0.25) is 0 Å². The number of rotatable bonds is 5. The first-order valence-corrected chi connectivity index (χ1v) is 8.25. The van der Waals surface area contributed by atoms with E-state index in [1.54, 1.807) is 25.1 Å². The molecular weight excluding hydrogens is 361 g/mol. The van der Waals surface area contributed by atoms with Gasteiger partial charge in [-0.2, -0.15) is 5.10 Å². The van der Waals surface area contributed by atoms with Crippen molar-refractivity contribution in [3.05, 3.63) is 46.7 Å². The summed E-state index contributed by atoms with van der Waals surface area (Å²) in [6.07, 6.45) is 0. The number of urea groups is 1. The van der Waals surface area contributed by atoms with E-state index in [0.29, 0.717) is 10.4 Å². The molecule has 0 atom stereocenters. The average Bonchev–Trinajstić information content (AvgIpc) is 2.98. The number of carbonyl (C=O) groups is 1. The Morgan fingerprint density at radius 3 is 2.96 bits per heavy atom. The smallest absolute Gasteiger partial charge is 0.319 e. The van der Waals surface area contributed by atoms with Crippen molar-refractivity contribution in [3.63, 3.8) is 0 Å². The average molecular weight is 378 g/mol. The topological polar surface area (TPSA) is 105 Å². The number of nitrogens with two attached hydrogens (primary N) is 1. The zero-order valence-electron chi connectivity index (χ0n) is 13.9. The van der Waals surface area contributed by atoms with E-state index >= 15 is 0 Å². The maximum absolute atomic E-state index is 14.6. The number of fused-ring (bicyclic) bond motifs is 1. The van der Waals surface area contributed by atoms with Gasteiger partial charge in [0.05, 0.1) is 12.3 Å². The molecule has 1 aromatic heterocycles. The predicted molar refractivity (Wildman–Crippen MR) is 98.9 cm³/mol. The normalized spacial score (nSPS) is 10.7. The zero-order chi connectivity index (χ0) is 18.7. The third kappa shape index (κ3) is 3.65. The van der Waals surface area contributed by atoms with Gasteiger partial charge in [-0.3, -0.25) is 5.10 Å². The fourth-order valence-electron chi connectivity index (χ4n) is 2.49. The summed E-state index contributed by atoms with van der Waals surface area (Å²) in [6.45, 7) is 2.20. The number of H-pyrrole nitrogens is 1. The molecule has 0 bridgehead atoms. The second-order valence-electron chi connectivity index (χ2n) is 5.47. The third-order valence-corrected chi connectivity index (χ3v) is 3.90. The van der Waals surface area contributed by atoms with Gasteiger partial charge in [-0.25, -0.2) is 9.18 Å². The van der Waals surface area contributed by atoms with Crippen LogP contribution in [-0.2, 0) is 6.54 Å². The van der Waals surface area contributed by atoms with E-state index in [1.807, 2.05) is 6.07 Å². The van der Waals surface area contributed by atoms with E-state index in [4.69, 9.17) is 22.1 Å². The number of nitrogens with one attached hydrogen (secondary N) is 3. The number of ether oxygens (including phenoxy) is 1. The lowest BCUT2D eigenvalue weighted by molar-refractivity contribution is 0.251. The van der Waals surface area contributed by atoms with Crippen LogP contribution < -0.4 is 21.1 Å². The van der Waals surface area contributed by atoms with Crippen LogP contribution in [0.2, 0.25) is 5.02 Å². The summed E-state index contributed by atoms with van der Waals surface area (Å²) in [4.78, 5) is 12.2. The van der Waals surface area contributed by atoms with Gasteiger partial charge in [-0.15, -0.1) is 0 Å². The number of aromatic amines is 1. The van der Waals surface area contributed by atoms with Gasteiger partial charge in [0.25, 0.3) is 0 Å². The summed E-state index contributed by atoms with van der Waals surface area (Å²) in [5.41, 5.74) is 6.84. The molecule has 0 spiro atoms. The molecule has 2 aromatic carbocycles. The molecule has 0 radical (unpaired) electrons. The number of halogens is 2. The number of anilines is 2. The van der Waals surface area contributed by atoms with Gasteiger partial charge in [-0.05, 0) is 30.7 Å². The first-order chi connectivity index (χ1) is 12.5. The third-order valence-electron chi connectivity index (χ3n) is 3.66. The van der Waals surface area contributed by atoms with Crippen LogP contribution in [0.1, 0.15) is 12.5 Å². The Balaban J connectivity index is 1.81. The second-order valence-corrected chi connectivity index (χ2v) is 5.91. The summed E-state index contributed by atoms with van der Waals surface area (Å²) >= 11 is 5.92. The molecule has 0 aliphatic rings. The van der Waals surface area contributed by atoms with Crippen LogP contribution in [0.15, 0.2) is 30.3 Å². The molecule has 0 saturated carbocycles. The van der Waals surface area contributed by atoms with Crippen LogP contribution in [-0.4, -0.2) is 22.8 Å². The van der Waals surface area contributed by atoms with E-state index in [0.717, 1.165) is 5.56 Å². The van der Waals surface area contributed by atoms with E-state index in [9.17, 15) is 9.18 Å². The highest BCUT2D eigenvalue weighted by Crippen LogP contribution is 2.35. The molecule has 2 amide bonds. The summed E-state index contributed by atoms with van der Waals surface area (Å²) in [5.74, 6) is -0.621. The van der Waals surface area contributed by atoms with Crippen LogP contribution >= 0.6 is 11.6 Å². The molecule has 136 valence electrons. The van der Waals surface area contributed by atoms with Crippen molar-refractivity contribution in [2.75, 3.05) is 17.7 Å². The van der Waals surface area contributed by atoms with Crippen LogP contribution in [0.4, 0.5) is 20.7 Å². The fraction of sp³-hybridized carbons (Fsp3) is 0.176. The number of hydrogen-bond donors (Lipinski definition) is 4. The van der Waals surface area contributed by atoms with Crippen molar-refractivity contribution < 1.29 is 13.9 Å². The number of aromatic nitrogens is 2. The van der Waals surface area contributed by atoms with Gasteiger partial charge < -0.3 is 21.1 Å². The highest BCUT2D eigenvalue weighted by atomic mass is 35.5. The lowest BCUT2D eigenvalue weighted by Gasteiger charge is -2.14. The summed E-state index contributed by atoms with van der Waals surface area (Å²) in [7, 11) is 0. The monoisotopic (exact) mass is 377 g/mol. The Kier molecular flexibility index (Phi) is 5.13. The largest absolute Gasteiger partial charge is 0.489 e. The predicted octanol–water partition coefficient (Wildman–Crippen LogP) is 3.66. The van der Waals surface area contributed by atoms with Crippen molar-refractivity contribution in [1.82, 2.24) is 15.5 Å². The van der Waals surface area contributed by atoms with Crippen molar-refractivity contribution in [2.24, 2.45) is 0 Å². The van der Waals surface area contributed by atoms with E-state index in [2.05, 4.69) is 20.8 Å². The molecule has 5 N–H and O–H groups in total. The standard InChI is InChI=1S/C17H17ClFN5O2/c1-2-26-15-12(7-11-14(13(15)19)23-24-16(11)20)22-17(25)21-8-9-4-3-5-10(18)6-9/h3-7H,2,8H2,1H3,(H3,20,23,24)(H2,21,22,25). The number of benzene rings is 2. The summed E-state index contributed by atoms with van der Waals surface area (Å²) in [5, 5.41) is 12.5. The minimum Gasteiger partial charge on any atom is -0.489 e. The van der Waals surface area contributed by atoms with Gasteiger partial charge in [0, 0.05) is 17.0 Å². The lowest BCUT2D eigenvalue weighted by atomic mass is 10.2. The molecule has 0 unspecified atom stereocenters. The minimum atomic E-state index is -0.668. The molecule has 3 aromatic rings. The number of hydrogen-bond acceptors (Lipinski definition) is 4. The van der Waals surface area contributed by atoms with E-state index in [-0.39, 0.29) is 35.9 Å². The SMILES string of the molecule is CCOc1c(NC(=O)NCc2cccc(Cl)c2)cc2c(N)n[nH]c2c1F. The van der Waals surface area contributed by atoms with Gasteiger partial charge >= 0.3 is 6.03 Å². The Bertz CT molecular complexity index is 960. The molecule has 7 nitrogen and oxygen atoms in total. The van der Waals surface area contributed by atoms with E-state index < -0.39 is 11.8 Å². The van der Waals surface area contributed by atoms with Crippen LogP contribution in [0, 0.1) is 5.82 Å². The van der Waals surface area contributed by atoms with Crippen molar-refractivity contribution in [2.45, 2.75) is 13.5 Å². The molecule has 0 aliphatic heterocycles. The van der Waals surface area contributed by atoms with Crippen LogP contribution in [0.25, 0.3) is 10.9 Å². The fourth-order valence-corrected chi connectivity index (χ4v) is 2.71. The molecule has 0 fully saturated rings. The van der Waals surface area contributed by atoms with E-state index in [1.165, 1.54) is 6.07 Å². The Labute approximate surface area is 153 Å². The number of carbonyl (C=O) groups excluding carboxylic acids is 1. The molecular formula is C17H17ClFN5O2. The highest BCUT2D eigenvalue weighted by Gasteiger charge is 2.19. The molecule has 1 heterocycles. The maximum atomic E-state index is 14.6. The first kappa shape index (κ1) is 17.8. The van der Waals surface area contributed by atoms with Crippen LogP contribution in [0.3, 0.4) is 0 Å². The lowest BCUT2D eigenvalue weighted by Crippen LogP contribution is -2.28. The molecule has 9 heteroatoms. The maximum Gasteiger partial charge on any atom is 0.319 e. The van der Waals surface area contributed by atoms with Crippen LogP contribution in [0.5, 0.6) is 5.75 Å². The number of nitrogens with zero attached hydrogens (tertiary/aromatic N) is 1.